The number of hydrogen-bond acceptors (Lipinski definition) is 2. The van der Waals surface area contributed by atoms with Crippen LogP contribution in [-0.2, 0) is 11.5 Å². The number of nitrogens with zero attached hydrogens (tertiary/aromatic N) is 1. The van der Waals surface area contributed by atoms with Crippen LogP contribution in [0, 0.1) is 13.8 Å². The first-order chi connectivity index (χ1) is 9.04. The zero-order chi connectivity index (χ0) is 13.8. The van der Waals surface area contributed by atoms with Crippen molar-refractivity contribution in [2.45, 2.75) is 25.4 Å². The van der Waals surface area contributed by atoms with Crippen molar-refractivity contribution in [1.29, 1.82) is 0 Å². The standard InChI is InChI=1S/C15H15Cl2NS/c1-10-5-11(2)7-12(6-10)8-19-9-13-3-4-14(16)18-15(13)17/h3-7H,8-9H2,1-2H3. The number of halogens is 2. The fourth-order valence-electron chi connectivity index (χ4n) is 1.98. The van der Waals surface area contributed by atoms with E-state index in [9.17, 15) is 0 Å². The quantitative estimate of drug-likeness (QED) is 0.697. The minimum Gasteiger partial charge on any atom is -0.224 e. The molecule has 2 rings (SSSR count). The van der Waals surface area contributed by atoms with Gasteiger partial charge in [0.2, 0.25) is 0 Å². The number of thioether (sulfide) groups is 1. The van der Waals surface area contributed by atoms with Crippen LogP contribution in [0.3, 0.4) is 0 Å². The van der Waals surface area contributed by atoms with Gasteiger partial charge in [-0.3, -0.25) is 0 Å². The molecule has 0 bridgehead atoms. The molecule has 0 amide bonds. The Morgan fingerprint density at radius 1 is 1.00 bits per heavy atom. The minimum atomic E-state index is 0.438. The molecule has 0 radical (unpaired) electrons. The third-order valence-electron chi connectivity index (χ3n) is 2.70. The highest BCUT2D eigenvalue weighted by Crippen LogP contribution is 2.24. The fraction of sp³-hybridized carbons (Fsp3) is 0.267. The smallest absolute Gasteiger partial charge is 0.134 e. The second kappa shape index (κ2) is 6.65. The molecule has 0 spiro atoms. The van der Waals surface area contributed by atoms with Crippen LogP contribution < -0.4 is 0 Å². The Balaban J connectivity index is 1.96. The van der Waals surface area contributed by atoms with Crippen molar-refractivity contribution in [3.05, 3.63) is 62.9 Å². The first-order valence-electron chi connectivity index (χ1n) is 6.00. The summed E-state index contributed by atoms with van der Waals surface area (Å²) in [6, 6.07) is 10.4. The first-order valence-corrected chi connectivity index (χ1v) is 7.91. The van der Waals surface area contributed by atoms with Gasteiger partial charge in [0, 0.05) is 11.5 Å². The third kappa shape index (κ3) is 4.41. The molecule has 0 unspecified atom stereocenters. The lowest BCUT2D eigenvalue weighted by atomic mass is 10.1. The molecule has 0 atom stereocenters. The van der Waals surface area contributed by atoms with Crippen LogP contribution in [0.4, 0.5) is 0 Å². The second-order valence-electron chi connectivity index (χ2n) is 4.57. The fourth-order valence-corrected chi connectivity index (χ4v) is 3.43. The zero-order valence-corrected chi connectivity index (χ0v) is 13.2. The SMILES string of the molecule is Cc1cc(C)cc(CSCc2ccc(Cl)nc2Cl)c1. The molecule has 19 heavy (non-hydrogen) atoms. The largest absolute Gasteiger partial charge is 0.224 e. The maximum atomic E-state index is 6.05. The molecule has 1 nitrogen and oxygen atoms in total. The summed E-state index contributed by atoms with van der Waals surface area (Å²) in [7, 11) is 0. The van der Waals surface area contributed by atoms with E-state index in [0.717, 1.165) is 17.1 Å². The Morgan fingerprint density at radius 2 is 1.68 bits per heavy atom. The van der Waals surface area contributed by atoms with E-state index in [1.807, 2.05) is 17.8 Å². The van der Waals surface area contributed by atoms with E-state index in [2.05, 4.69) is 37.0 Å². The zero-order valence-electron chi connectivity index (χ0n) is 10.9. The molecule has 2 aromatic rings. The van der Waals surface area contributed by atoms with Crippen molar-refractivity contribution in [2.24, 2.45) is 0 Å². The summed E-state index contributed by atoms with van der Waals surface area (Å²) in [5.74, 6) is 1.82. The van der Waals surface area contributed by atoms with Gasteiger partial charge in [-0.15, -0.1) is 0 Å². The summed E-state index contributed by atoms with van der Waals surface area (Å²) in [6.45, 7) is 4.25. The van der Waals surface area contributed by atoms with E-state index in [0.29, 0.717) is 10.3 Å². The molecule has 0 fully saturated rings. The predicted octanol–water partition coefficient (Wildman–Crippen LogP) is 5.44. The number of hydrogen-bond donors (Lipinski definition) is 0. The van der Waals surface area contributed by atoms with E-state index >= 15 is 0 Å². The van der Waals surface area contributed by atoms with Crippen LogP contribution in [0.15, 0.2) is 30.3 Å². The highest BCUT2D eigenvalue weighted by atomic mass is 35.5. The van der Waals surface area contributed by atoms with Crippen molar-refractivity contribution < 1.29 is 0 Å². The summed E-state index contributed by atoms with van der Waals surface area (Å²) in [5.41, 5.74) is 4.99. The Bertz CT molecular complexity index is 564. The Labute approximate surface area is 128 Å². The lowest BCUT2D eigenvalue weighted by molar-refractivity contribution is 1.24. The normalized spacial score (nSPS) is 10.7. The first kappa shape index (κ1) is 14.7. The van der Waals surface area contributed by atoms with Crippen LogP contribution >= 0.6 is 35.0 Å². The average molecular weight is 312 g/mol. The molecular weight excluding hydrogens is 297 g/mol. The van der Waals surface area contributed by atoms with Crippen LogP contribution in [0.5, 0.6) is 0 Å². The molecule has 1 aromatic heterocycles. The number of pyridine rings is 1. The van der Waals surface area contributed by atoms with Crippen molar-refractivity contribution in [3.8, 4) is 0 Å². The predicted molar refractivity (Wildman–Crippen MR) is 85.2 cm³/mol. The molecule has 0 saturated heterocycles. The van der Waals surface area contributed by atoms with Crippen LogP contribution in [-0.4, -0.2) is 4.98 Å². The van der Waals surface area contributed by atoms with Gasteiger partial charge in [0.25, 0.3) is 0 Å². The van der Waals surface area contributed by atoms with E-state index in [-0.39, 0.29) is 0 Å². The number of benzene rings is 1. The Kier molecular flexibility index (Phi) is 5.14. The van der Waals surface area contributed by atoms with Gasteiger partial charge in [-0.05, 0) is 31.0 Å². The van der Waals surface area contributed by atoms with Gasteiger partial charge in [-0.2, -0.15) is 11.8 Å². The molecule has 0 saturated carbocycles. The molecule has 1 heterocycles. The summed E-state index contributed by atoms with van der Waals surface area (Å²) in [6.07, 6.45) is 0. The van der Waals surface area contributed by atoms with E-state index in [4.69, 9.17) is 23.2 Å². The summed E-state index contributed by atoms with van der Waals surface area (Å²) < 4.78 is 0. The molecule has 0 aliphatic rings. The minimum absolute atomic E-state index is 0.438. The number of rotatable bonds is 4. The van der Waals surface area contributed by atoms with Gasteiger partial charge in [-0.25, -0.2) is 4.98 Å². The maximum absolute atomic E-state index is 6.05. The van der Waals surface area contributed by atoms with Crippen molar-refractivity contribution in [1.82, 2.24) is 4.98 Å². The van der Waals surface area contributed by atoms with Gasteiger partial charge in [0.1, 0.15) is 10.3 Å². The molecular formula is C15H15Cl2NS. The highest BCUT2D eigenvalue weighted by Gasteiger charge is 2.03. The highest BCUT2D eigenvalue weighted by molar-refractivity contribution is 7.97. The number of aryl methyl sites for hydroxylation is 2. The third-order valence-corrected chi connectivity index (χ3v) is 4.29. The molecule has 0 aliphatic heterocycles. The van der Waals surface area contributed by atoms with Crippen molar-refractivity contribution in [2.75, 3.05) is 0 Å². The van der Waals surface area contributed by atoms with E-state index in [1.54, 1.807) is 6.07 Å². The second-order valence-corrected chi connectivity index (χ2v) is 6.30. The Hall–Kier alpha value is -0.700. The van der Waals surface area contributed by atoms with Crippen LogP contribution in [0.2, 0.25) is 10.3 Å². The van der Waals surface area contributed by atoms with Gasteiger partial charge >= 0.3 is 0 Å². The van der Waals surface area contributed by atoms with E-state index in [1.165, 1.54) is 16.7 Å². The van der Waals surface area contributed by atoms with Crippen LogP contribution in [0.1, 0.15) is 22.3 Å². The van der Waals surface area contributed by atoms with Gasteiger partial charge < -0.3 is 0 Å². The molecule has 0 N–H and O–H groups in total. The van der Waals surface area contributed by atoms with E-state index < -0.39 is 0 Å². The lowest BCUT2D eigenvalue weighted by Gasteiger charge is -2.06. The van der Waals surface area contributed by atoms with Crippen molar-refractivity contribution in [3.63, 3.8) is 0 Å². The monoisotopic (exact) mass is 311 g/mol. The lowest BCUT2D eigenvalue weighted by Crippen LogP contribution is -1.89. The molecule has 100 valence electrons. The van der Waals surface area contributed by atoms with Gasteiger partial charge in [0.05, 0.1) is 0 Å². The molecule has 0 aliphatic carbocycles. The maximum Gasteiger partial charge on any atom is 0.134 e. The summed E-state index contributed by atoms with van der Waals surface area (Å²) >= 11 is 13.7. The Morgan fingerprint density at radius 3 is 2.32 bits per heavy atom. The number of aromatic nitrogens is 1. The summed E-state index contributed by atoms with van der Waals surface area (Å²) in [5, 5.41) is 0.938. The van der Waals surface area contributed by atoms with Gasteiger partial charge in [-0.1, -0.05) is 58.6 Å². The van der Waals surface area contributed by atoms with Crippen molar-refractivity contribution >= 4 is 35.0 Å². The van der Waals surface area contributed by atoms with Gasteiger partial charge in [0.15, 0.2) is 0 Å². The molecule has 1 aromatic carbocycles. The topological polar surface area (TPSA) is 12.9 Å². The summed E-state index contributed by atoms with van der Waals surface area (Å²) in [4.78, 5) is 4.04. The van der Waals surface area contributed by atoms with Crippen LogP contribution in [0.25, 0.3) is 0 Å². The molecule has 4 heteroatoms. The average Bonchev–Trinajstić information content (AvgIpc) is 2.30.